The maximum absolute atomic E-state index is 12.0. The molecule has 1 saturated heterocycles. The molecule has 1 fully saturated rings. The molecule has 0 aromatic rings. The van der Waals surface area contributed by atoms with Gasteiger partial charge in [0.2, 0.25) is 5.91 Å². The number of carbonyl (C=O) groups is 1. The minimum atomic E-state index is -0.195. The number of rotatable bonds is 7. The molecule has 1 heterocycles. The summed E-state index contributed by atoms with van der Waals surface area (Å²) in [5.41, 5.74) is 0. The van der Waals surface area contributed by atoms with Crippen molar-refractivity contribution in [2.75, 3.05) is 13.1 Å². The van der Waals surface area contributed by atoms with E-state index in [1.165, 1.54) is 12.8 Å². The first-order chi connectivity index (χ1) is 8.67. The topological polar surface area (TPSA) is 40.5 Å². The second kappa shape index (κ2) is 8.52. The van der Waals surface area contributed by atoms with E-state index in [1.807, 2.05) is 11.8 Å². The van der Waals surface area contributed by atoms with E-state index in [4.69, 9.17) is 0 Å². The molecule has 0 radical (unpaired) electrons. The number of hydrogen-bond donors (Lipinski definition) is 1. The van der Waals surface area contributed by atoms with Crippen molar-refractivity contribution >= 4 is 5.91 Å². The number of carbonyl (C=O) groups excluding carboxylic acids is 1. The molecule has 2 unspecified atom stereocenters. The van der Waals surface area contributed by atoms with Gasteiger partial charge >= 0.3 is 0 Å². The van der Waals surface area contributed by atoms with Gasteiger partial charge in [0.1, 0.15) is 0 Å². The van der Waals surface area contributed by atoms with E-state index in [0.29, 0.717) is 5.91 Å². The van der Waals surface area contributed by atoms with Crippen molar-refractivity contribution < 1.29 is 9.90 Å². The summed E-state index contributed by atoms with van der Waals surface area (Å²) in [6, 6.07) is 0. The highest BCUT2D eigenvalue weighted by molar-refractivity contribution is 5.76. The highest BCUT2D eigenvalue weighted by atomic mass is 16.3. The summed E-state index contributed by atoms with van der Waals surface area (Å²) < 4.78 is 0. The minimum Gasteiger partial charge on any atom is -0.393 e. The van der Waals surface area contributed by atoms with Crippen molar-refractivity contribution in [1.82, 2.24) is 4.90 Å². The summed E-state index contributed by atoms with van der Waals surface area (Å²) in [7, 11) is 0. The molecule has 0 spiro atoms. The highest BCUT2D eigenvalue weighted by Gasteiger charge is 2.21. The first-order valence-electron chi connectivity index (χ1n) is 7.63. The zero-order valence-electron chi connectivity index (χ0n) is 12.0. The summed E-state index contributed by atoms with van der Waals surface area (Å²) in [4.78, 5) is 14.0. The van der Waals surface area contributed by atoms with Crippen molar-refractivity contribution in [2.24, 2.45) is 5.92 Å². The molecular weight excluding hydrogens is 226 g/mol. The van der Waals surface area contributed by atoms with E-state index in [2.05, 4.69) is 6.92 Å². The molecule has 3 nitrogen and oxygen atoms in total. The third kappa shape index (κ3) is 5.38. The number of amides is 1. The van der Waals surface area contributed by atoms with Gasteiger partial charge in [0, 0.05) is 19.5 Å². The number of nitrogens with zero attached hydrogens (tertiary/aromatic N) is 1. The summed E-state index contributed by atoms with van der Waals surface area (Å²) in [6.07, 6.45) is 7.80. The molecule has 0 bridgehead atoms. The Hall–Kier alpha value is -0.570. The lowest BCUT2D eigenvalue weighted by molar-refractivity contribution is -0.130. The monoisotopic (exact) mass is 255 g/mol. The quantitative estimate of drug-likeness (QED) is 0.760. The molecule has 18 heavy (non-hydrogen) atoms. The third-order valence-electron chi connectivity index (χ3n) is 4.06. The van der Waals surface area contributed by atoms with Gasteiger partial charge in [-0.1, -0.05) is 26.7 Å². The predicted octanol–water partition coefficient (Wildman–Crippen LogP) is 2.97. The Kier molecular flexibility index (Phi) is 7.33. The Bertz CT molecular complexity index is 243. The van der Waals surface area contributed by atoms with E-state index in [0.717, 1.165) is 57.5 Å². The van der Waals surface area contributed by atoms with Crippen LogP contribution in [0.15, 0.2) is 0 Å². The largest absolute Gasteiger partial charge is 0.393 e. The van der Waals surface area contributed by atoms with Gasteiger partial charge in [-0.25, -0.2) is 0 Å². The summed E-state index contributed by atoms with van der Waals surface area (Å²) >= 11 is 0. The van der Waals surface area contributed by atoms with E-state index in [1.54, 1.807) is 0 Å². The molecule has 106 valence electrons. The van der Waals surface area contributed by atoms with Gasteiger partial charge < -0.3 is 10.0 Å². The molecule has 1 aliphatic rings. The van der Waals surface area contributed by atoms with Crippen LogP contribution in [0.5, 0.6) is 0 Å². The summed E-state index contributed by atoms with van der Waals surface area (Å²) in [5, 5.41) is 9.52. The van der Waals surface area contributed by atoms with Crippen LogP contribution < -0.4 is 0 Å². The van der Waals surface area contributed by atoms with Crippen molar-refractivity contribution in [2.45, 2.75) is 71.3 Å². The molecule has 2 atom stereocenters. The zero-order valence-corrected chi connectivity index (χ0v) is 12.0. The normalized spacial score (nSPS) is 22.9. The maximum Gasteiger partial charge on any atom is 0.222 e. The van der Waals surface area contributed by atoms with E-state index in [-0.39, 0.29) is 6.10 Å². The van der Waals surface area contributed by atoms with Gasteiger partial charge in [0.25, 0.3) is 0 Å². The standard InChI is InChI=1S/C15H29NO2/c1-3-6-13-8-9-15(18)16(12-10-13)11-5-7-14(17)4-2/h13-14,17H,3-12H2,1-2H3. The van der Waals surface area contributed by atoms with Gasteiger partial charge in [0.05, 0.1) is 6.10 Å². The Balaban J connectivity index is 2.29. The van der Waals surface area contributed by atoms with Crippen molar-refractivity contribution in [3.05, 3.63) is 0 Å². The second-order valence-corrected chi connectivity index (χ2v) is 5.57. The molecule has 0 aliphatic carbocycles. The average molecular weight is 255 g/mol. The SMILES string of the molecule is CCCC1CCC(=O)N(CCCC(O)CC)CC1. The molecule has 1 aliphatic heterocycles. The van der Waals surface area contributed by atoms with Crippen LogP contribution in [0.4, 0.5) is 0 Å². The Morgan fingerprint density at radius 1 is 1.39 bits per heavy atom. The van der Waals surface area contributed by atoms with Crippen LogP contribution in [0.25, 0.3) is 0 Å². The lowest BCUT2D eigenvalue weighted by atomic mass is 9.96. The molecule has 1 N–H and O–H groups in total. The fraction of sp³-hybridized carbons (Fsp3) is 0.933. The fourth-order valence-electron chi connectivity index (χ4n) is 2.75. The molecule has 3 heteroatoms. The zero-order chi connectivity index (χ0) is 13.4. The fourth-order valence-corrected chi connectivity index (χ4v) is 2.75. The van der Waals surface area contributed by atoms with Crippen molar-refractivity contribution in [1.29, 1.82) is 0 Å². The van der Waals surface area contributed by atoms with Gasteiger partial charge in [0.15, 0.2) is 0 Å². The summed E-state index contributed by atoms with van der Waals surface area (Å²) in [6.45, 7) is 5.97. The first kappa shape index (κ1) is 15.5. The van der Waals surface area contributed by atoms with Crippen LogP contribution in [0.2, 0.25) is 0 Å². The molecule has 0 aromatic carbocycles. The molecule has 0 aromatic heterocycles. The first-order valence-corrected chi connectivity index (χ1v) is 7.63. The van der Waals surface area contributed by atoms with Crippen LogP contribution in [0.1, 0.15) is 65.2 Å². The number of hydrogen-bond acceptors (Lipinski definition) is 2. The Morgan fingerprint density at radius 2 is 2.17 bits per heavy atom. The number of aliphatic hydroxyl groups excluding tert-OH is 1. The van der Waals surface area contributed by atoms with Crippen LogP contribution >= 0.6 is 0 Å². The van der Waals surface area contributed by atoms with Gasteiger partial charge in [-0.15, -0.1) is 0 Å². The van der Waals surface area contributed by atoms with E-state index >= 15 is 0 Å². The van der Waals surface area contributed by atoms with Crippen LogP contribution in [-0.4, -0.2) is 35.1 Å². The molecule has 0 saturated carbocycles. The van der Waals surface area contributed by atoms with Crippen LogP contribution in [-0.2, 0) is 4.79 Å². The second-order valence-electron chi connectivity index (χ2n) is 5.57. The van der Waals surface area contributed by atoms with Gasteiger partial charge in [-0.3, -0.25) is 4.79 Å². The van der Waals surface area contributed by atoms with E-state index in [9.17, 15) is 9.90 Å². The third-order valence-corrected chi connectivity index (χ3v) is 4.06. The van der Waals surface area contributed by atoms with Crippen LogP contribution in [0.3, 0.4) is 0 Å². The highest BCUT2D eigenvalue weighted by Crippen LogP contribution is 2.22. The maximum atomic E-state index is 12.0. The number of aliphatic hydroxyl groups is 1. The number of likely N-dealkylation sites (tertiary alicyclic amines) is 1. The Morgan fingerprint density at radius 3 is 2.83 bits per heavy atom. The predicted molar refractivity (Wildman–Crippen MR) is 74.4 cm³/mol. The lowest BCUT2D eigenvalue weighted by Gasteiger charge is -2.21. The lowest BCUT2D eigenvalue weighted by Crippen LogP contribution is -2.31. The van der Waals surface area contributed by atoms with Crippen molar-refractivity contribution in [3.8, 4) is 0 Å². The minimum absolute atomic E-state index is 0.195. The van der Waals surface area contributed by atoms with Crippen LogP contribution in [0, 0.1) is 5.92 Å². The average Bonchev–Trinajstić information content (AvgIpc) is 2.54. The molecular formula is C15H29NO2. The molecule has 1 amide bonds. The summed E-state index contributed by atoms with van der Waals surface area (Å²) in [5.74, 6) is 1.06. The Labute approximate surface area is 112 Å². The van der Waals surface area contributed by atoms with Gasteiger partial charge in [-0.2, -0.15) is 0 Å². The van der Waals surface area contributed by atoms with E-state index < -0.39 is 0 Å². The smallest absolute Gasteiger partial charge is 0.222 e. The van der Waals surface area contributed by atoms with Gasteiger partial charge in [-0.05, 0) is 38.0 Å². The van der Waals surface area contributed by atoms with Crippen molar-refractivity contribution in [3.63, 3.8) is 0 Å². The molecule has 1 rings (SSSR count).